The summed E-state index contributed by atoms with van der Waals surface area (Å²) in [5.74, 6) is 0.336. The molecule has 0 spiro atoms. The van der Waals surface area contributed by atoms with Crippen molar-refractivity contribution < 1.29 is 4.79 Å². The quantitative estimate of drug-likeness (QED) is 0.815. The molecule has 0 aliphatic carbocycles. The minimum atomic E-state index is 0. The Morgan fingerprint density at radius 2 is 1.84 bits per heavy atom. The second-order valence-corrected chi connectivity index (χ2v) is 6.92. The van der Waals surface area contributed by atoms with E-state index in [9.17, 15) is 4.79 Å². The molecule has 2 heterocycles. The summed E-state index contributed by atoms with van der Waals surface area (Å²) in [7, 11) is 0. The van der Waals surface area contributed by atoms with Crippen molar-refractivity contribution in [2.75, 3.05) is 26.2 Å². The number of benzene rings is 1. The molecule has 0 radical (unpaired) electrons. The normalized spacial score (nSPS) is 20.9. The van der Waals surface area contributed by atoms with E-state index in [4.69, 9.17) is 0 Å². The molecule has 1 amide bonds. The molecule has 0 saturated carbocycles. The highest BCUT2D eigenvalue weighted by molar-refractivity contribution is 5.85. The number of carbonyl (C=O) groups excluding carboxylic acids is 1. The largest absolute Gasteiger partial charge is 0.352 e. The molecule has 4 nitrogen and oxygen atoms in total. The number of nitrogens with one attached hydrogen (secondary N) is 2. The van der Waals surface area contributed by atoms with Crippen LogP contribution in [0.25, 0.3) is 0 Å². The second kappa shape index (κ2) is 11.7. The number of rotatable bonds is 5. The number of nitrogens with zero attached hydrogens (tertiary/aromatic N) is 1. The summed E-state index contributed by atoms with van der Waals surface area (Å²) in [6, 6.07) is 8.68. The lowest BCUT2D eigenvalue weighted by molar-refractivity contribution is -0.124. The zero-order valence-electron chi connectivity index (χ0n) is 14.8. The molecule has 1 unspecified atom stereocenters. The molecule has 1 atom stereocenters. The van der Waals surface area contributed by atoms with Gasteiger partial charge in [0.25, 0.3) is 0 Å². The lowest BCUT2D eigenvalue weighted by Gasteiger charge is -2.20. The van der Waals surface area contributed by atoms with Crippen molar-refractivity contribution in [2.45, 2.75) is 45.2 Å². The average Bonchev–Trinajstić information content (AvgIpc) is 2.99. The third kappa shape index (κ3) is 7.14. The fourth-order valence-corrected chi connectivity index (χ4v) is 3.60. The van der Waals surface area contributed by atoms with Gasteiger partial charge in [0.05, 0.1) is 5.92 Å². The monoisotopic (exact) mass is 387 g/mol. The molecule has 1 aromatic carbocycles. The van der Waals surface area contributed by atoms with E-state index in [2.05, 4.69) is 39.8 Å². The minimum Gasteiger partial charge on any atom is -0.352 e. The maximum absolute atomic E-state index is 12.1. The van der Waals surface area contributed by atoms with Crippen LogP contribution >= 0.6 is 24.8 Å². The van der Waals surface area contributed by atoms with E-state index >= 15 is 0 Å². The standard InChI is InChI=1S/C19H29N3O.2ClH/c23-19(18-8-9-20-14-18)21-13-16-6-5-7-17(12-16)15-22-10-3-1-2-4-11-22;;/h5-7,12,18,20H,1-4,8-11,13-15H2,(H,21,23);2*1H. The van der Waals surface area contributed by atoms with E-state index in [1.54, 1.807) is 0 Å². The molecule has 0 aromatic heterocycles. The van der Waals surface area contributed by atoms with Gasteiger partial charge >= 0.3 is 0 Å². The Kier molecular flexibility index (Phi) is 10.4. The summed E-state index contributed by atoms with van der Waals surface area (Å²) < 4.78 is 0. The lowest BCUT2D eigenvalue weighted by atomic mass is 10.1. The van der Waals surface area contributed by atoms with Crippen molar-refractivity contribution in [3.63, 3.8) is 0 Å². The number of hydrogen-bond acceptors (Lipinski definition) is 3. The van der Waals surface area contributed by atoms with Crippen LogP contribution < -0.4 is 10.6 Å². The van der Waals surface area contributed by atoms with Crippen molar-refractivity contribution in [1.29, 1.82) is 0 Å². The first-order chi connectivity index (χ1) is 11.3. The molecular formula is C19H31Cl2N3O. The Labute approximate surface area is 163 Å². The molecule has 2 fully saturated rings. The number of likely N-dealkylation sites (tertiary alicyclic amines) is 1. The van der Waals surface area contributed by atoms with Gasteiger partial charge in [-0.1, -0.05) is 37.1 Å². The van der Waals surface area contributed by atoms with Crippen LogP contribution in [0, 0.1) is 5.92 Å². The van der Waals surface area contributed by atoms with Crippen LogP contribution in [0.15, 0.2) is 24.3 Å². The van der Waals surface area contributed by atoms with E-state index in [-0.39, 0.29) is 36.6 Å². The molecule has 3 rings (SSSR count). The van der Waals surface area contributed by atoms with Gasteiger partial charge in [0.15, 0.2) is 0 Å². The van der Waals surface area contributed by atoms with Gasteiger partial charge in [-0.2, -0.15) is 0 Å². The van der Waals surface area contributed by atoms with Crippen molar-refractivity contribution >= 4 is 30.7 Å². The fraction of sp³-hybridized carbons (Fsp3) is 0.632. The number of amides is 1. The molecule has 2 aliphatic rings. The molecule has 142 valence electrons. The highest BCUT2D eigenvalue weighted by Crippen LogP contribution is 2.14. The Balaban J connectivity index is 0.00000156. The van der Waals surface area contributed by atoms with Crippen LogP contribution in [-0.4, -0.2) is 37.0 Å². The predicted octanol–water partition coefficient (Wildman–Crippen LogP) is 3.13. The first-order valence-electron chi connectivity index (χ1n) is 9.10. The Morgan fingerprint density at radius 3 is 2.52 bits per heavy atom. The van der Waals surface area contributed by atoms with Crippen molar-refractivity contribution in [2.24, 2.45) is 5.92 Å². The van der Waals surface area contributed by atoms with Gasteiger partial charge in [-0.15, -0.1) is 24.8 Å². The van der Waals surface area contributed by atoms with Crippen LogP contribution in [0.1, 0.15) is 43.2 Å². The Bertz CT molecular complexity index is 513. The molecule has 2 aliphatic heterocycles. The van der Waals surface area contributed by atoms with Gasteiger partial charge in [0.2, 0.25) is 5.91 Å². The van der Waals surface area contributed by atoms with Crippen LogP contribution in [-0.2, 0) is 17.9 Å². The maximum atomic E-state index is 12.1. The Hall–Kier alpha value is -0.810. The van der Waals surface area contributed by atoms with Gasteiger partial charge in [0.1, 0.15) is 0 Å². The molecule has 6 heteroatoms. The van der Waals surface area contributed by atoms with Gasteiger partial charge < -0.3 is 10.6 Å². The number of carbonyl (C=O) groups is 1. The Morgan fingerprint density at radius 1 is 1.12 bits per heavy atom. The smallest absolute Gasteiger partial charge is 0.224 e. The van der Waals surface area contributed by atoms with Gasteiger partial charge in [-0.3, -0.25) is 9.69 Å². The third-order valence-electron chi connectivity index (χ3n) is 4.99. The van der Waals surface area contributed by atoms with Crippen LogP contribution in [0.5, 0.6) is 0 Å². The average molecular weight is 388 g/mol. The van der Waals surface area contributed by atoms with E-state index in [1.807, 2.05) is 0 Å². The van der Waals surface area contributed by atoms with Gasteiger partial charge in [-0.05, 0) is 50.0 Å². The molecule has 25 heavy (non-hydrogen) atoms. The van der Waals surface area contributed by atoms with Crippen molar-refractivity contribution in [1.82, 2.24) is 15.5 Å². The molecule has 2 N–H and O–H groups in total. The fourth-order valence-electron chi connectivity index (χ4n) is 3.60. The highest BCUT2D eigenvalue weighted by Gasteiger charge is 2.21. The summed E-state index contributed by atoms with van der Waals surface area (Å²) >= 11 is 0. The first kappa shape index (κ1) is 22.2. The summed E-state index contributed by atoms with van der Waals surface area (Å²) in [4.78, 5) is 14.7. The summed E-state index contributed by atoms with van der Waals surface area (Å²) in [5.41, 5.74) is 2.57. The zero-order chi connectivity index (χ0) is 15.9. The minimum absolute atomic E-state index is 0. The van der Waals surface area contributed by atoms with E-state index in [0.717, 1.165) is 26.1 Å². The number of halogens is 2. The van der Waals surface area contributed by atoms with Gasteiger partial charge in [-0.25, -0.2) is 0 Å². The van der Waals surface area contributed by atoms with Crippen LogP contribution in [0.2, 0.25) is 0 Å². The van der Waals surface area contributed by atoms with E-state index in [1.165, 1.54) is 49.9 Å². The van der Waals surface area contributed by atoms with Crippen molar-refractivity contribution in [3.05, 3.63) is 35.4 Å². The first-order valence-corrected chi connectivity index (χ1v) is 9.10. The second-order valence-electron chi connectivity index (χ2n) is 6.92. The van der Waals surface area contributed by atoms with E-state index < -0.39 is 0 Å². The van der Waals surface area contributed by atoms with Crippen LogP contribution in [0.3, 0.4) is 0 Å². The molecule has 1 aromatic rings. The van der Waals surface area contributed by atoms with Crippen LogP contribution in [0.4, 0.5) is 0 Å². The summed E-state index contributed by atoms with van der Waals surface area (Å²) in [6.07, 6.45) is 6.36. The summed E-state index contributed by atoms with van der Waals surface area (Å²) in [5, 5.41) is 6.33. The third-order valence-corrected chi connectivity index (χ3v) is 4.99. The molecular weight excluding hydrogens is 357 g/mol. The van der Waals surface area contributed by atoms with E-state index in [0.29, 0.717) is 6.54 Å². The summed E-state index contributed by atoms with van der Waals surface area (Å²) in [6.45, 7) is 5.90. The predicted molar refractivity (Wildman–Crippen MR) is 108 cm³/mol. The molecule has 2 saturated heterocycles. The maximum Gasteiger partial charge on any atom is 0.224 e. The lowest BCUT2D eigenvalue weighted by Crippen LogP contribution is -2.31. The molecule has 0 bridgehead atoms. The topological polar surface area (TPSA) is 44.4 Å². The van der Waals surface area contributed by atoms with Gasteiger partial charge in [0, 0.05) is 19.6 Å². The highest BCUT2D eigenvalue weighted by atomic mass is 35.5. The number of hydrogen-bond donors (Lipinski definition) is 2. The SMILES string of the molecule is Cl.Cl.O=C(NCc1cccc(CN2CCCCCC2)c1)C1CCNC1. The zero-order valence-corrected chi connectivity index (χ0v) is 16.5. The van der Waals surface area contributed by atoms with Crippen molar-refractivity contribution in [3.8, 4) is 0 Å².